The second-order valence-electron chi connectivity index (χ2n) is 5.72. The fourth-order valence-corrected chi connectivity index (χ4v) is 3.86. The van der Waals surface area contributed by atoms with Gasteiger partial charge in [-0.3, -0.25) is 0 Å². The Morgan fingerprint density at radius 1 is 1.11 bits per heavy atom. The van der Waals surface area contributed by atoms with Gasteiger partial charge in [-0.15, -0.1) is 56.8 Å². The van der Waals surface area contributed by atoms with Crippen LogP contribution >= 0.6 is 46.7 Å². The van der Waals surface area contributed by atoms with E-state index in [4.69, 9.17) is 4.99 Å². The van der Waals surface area contributed by atoms with Gasteiger partial charge in [0.15, 0.2) is 5.96 Å². The molecule has 146 valence electrons. The minimum Gasteiger partial charge on any atom is -0.356 e. The average molecular weight is 516 g/mol. The van der Waals surface area contributed by atoms with Crippen molar-refractivity contribution in [2.24, 2.45) is 4.99 Å². The molecule has 0 bridgehead atoms. The predicted molar refractivity (Wildman–Crippen MR) is 124 cm³/mol. The highest BCUT2D eigenvalue weighted by atomic mass is 127. The number of halogens is 1. The minimum absolute atomic E-state index is 0. The lowest BCUT2D eigenvalue weighted by atomic mass is 10.3. The van der Waals surface area contributed by atoms with E-state index in [1.165, 1.54) is 9.75 Å². The summed E-state index contributed by atoms with van der Waals surface area (Å²) in [6.07, 6.45) is 3.67. The van der Waals surface area contributed by atoms with Gasteiger partial charge < -0.3 is 15.2 Å². The van der Waals surface area contributed by atoms with E-state index < -0.39 is 0 Å². The lowest BCUT2D eigenvalue weighted by Gasteiger charge is -2.13. The zero-order valence-corrected chi connectivity index (χ0v) is 19.3. The van der Waals surface area contributed by atoms with Gasteiger partial charge in [-0.25, -0.2) is 4.99 Å². The zero-order chi connectivity index (χ0) is 18.0. The molecule has 6 nitrogen and oxygen atoms in total. The predicted octanol–water partition coefficient (Wildman–Crippen LogP) is 3.56. The normalized spacial score (nSPS) is 11.2. The summed E-state index contributed by atoms with van der Waals surface area (Å²) >= 11 is 3.52. The number of hydrogen-bond acceptors (Lipinski definition) is 5. The maximum absolute atomic E-state index is 4.71. The number of hydrogen-bond donors (Lipinski definition) is 2. The Morgan fingerprint density at radius 3 is 2.56 bits per heavy atom. The van der Waals surface area contributed by atoms with Crippen LogP contribution in [0.25, 0.3) is 0 Å². The molecule has 0 aromatic carbocycles. The maximum atomic E-state index is 4.71. The van der Waals surface area contributed by atoms with E-state index in [1.54, 1.807) is 29.0 Å². The monoisotopic (exact) mass is 516 g/mol. The first-order valence-corrected chi connectivity index (χ1v) is 10.5. The van der Waals surface area contributed by atoms with Crippen molar-refractivity contribution in [1.29, 1.82) is 0 Å². The number of nitrogens with zero attached hydrogens (tertiary/aromatic N) is 4. The number of aryl methyl sites for hydroxylation is 1. The molecule has 0 spiro atoms. The summed E-state index contributed by atoms with van der Waals surface area (Å²) < 4.78 is 2.08. The number of guanidine groups is 1. The molecule has 0 fully saturated rings. The summed E-state index contributed by atoms with van der Waals surface area (Å²) in [6.45, 7) is 5.25. The molecule has 9 heteroatoms. The number of aliphatic imine (C=N–C) groups is 1. The van der Waals surface area contributed by atoms with Crippen LogP contribution in [0.2, 0.25) is 0 Å². The van der Waals surface area contributed by atoms with Gasteiger partial charge in [-0.1, -0.05) is 19.1 Å². The quantitative estimate of drug-likeness (QED) is 0.259. The highest BCUT2D eigenvalue weighted by Crippen LogP contribution is 2.10. The fourth-order valence-electron chi connectivity index (χ4n) is 2.53. The second kappa shape index (κ2) is 12.1. The molecule has 0 aliphatic carbocycles. The van der Waals surface area contributed by atoms with Crippen molar-refractivity contribution >= 4 is 52.6 Å². The molecule has 0 saturated heterocycles. The van der Waals surface area contributed by atoms with Crippen molar-refractivity contribution in [3.8, 4) is 0 Å². The highest BCUT2D eigenvalue weighted by molar-refractivity contribution is 14.0. The molecule has 0 amide bonds. The van der Waals surface area contributed by atoms with Crippen molar-refractivity contribution in [3.63, 3.8) is 0 Å². The average Bonchev–Trinajstić information content (AvgIpc) is 3.41. The zero-order valence-electron chi connectivity index (χ0n) is 15.3. The minimum atomic E-state index is 0. The third kappa shape index (κ3) is 7.23. The van der Waals surface area contributed by atoms with Crippen molar-refractivity contribution < 1.29 is 0 Å². The van der Waals surface area contributed by atoms with Gasteiger partial charge in [0.2, 0.25) is 0 Å². The summed E-state index contributed by atoms with van der Waals surface area (Å²) in [4.78, 5) is 7.36. The van der Waals surface area contributed by atoms with Crippen LogP contribution in [0.15, 0.2) is 46.3 Å². The molecule has 0 radical (unpaired) electrons. The Bertz CT molecular complexity index is 783. The first-order chi connectivity index (χ1) is 12.8. The van der Waals surface area contributed by atoms with E-state index >= 15 is 0 Å². The SMILES string of the molecule is CCc1nncn1CCNC(=NCc1cccs1)NCCc1cccs1.I. The van der Waals surface area contributed by atoms with Crippen LogP contribution in [0.4, 0.5) is 0 Å². The Labute approximate surface area is 185 Å². The Balaban J connectivity index is 0.00000261. The molecule has 0 unspecified atom stereocenters. The van der Waals surface area contributed by atoms with Crippen LogP contribution in [0.1, 0.15) is 22.5 Å². The lowest BCUT2D eigenvalue weighted by Crippen LogP contribution is -2.40. The van der Waals surface area contributed by atoms with Crippen LogP contribution in [0.3, 0.4) is 0 Å². The first-order valence-electron chi connectivity index (χ1n) is 8.78. The van der Waals surface area contributed by atoms with Gasteiger partial charge >= 0.3 is 0 Å². The van der Waals surface area contributed by atoms with Crippen LogP contribution in [0, 0.1) is 0 Å². The molecule has 27 heavy (non-hydrogen) atoms. The van der Waals surface area contributed by atoms with E-state index in [0.717, 1.165) is 44.3 Å². The summed E-state index contributed by atoms with van der Waals surface area (Å²) in [5.74, 6) is 1.86. The molecular formula is C18H25IN6S2. The van der Waals surface area contributed by atoms with Crippen LogP contribution < -0.4 is 10.6 Å². The Morgan fingerprint density at radius 2 is 1.85 bits per heavy atom. The first kappa shape index (κ1) is 21.8. The van der Waals surface area contributed by atoms with Crippen molar-refractivity contribution in [3.05, 3.63) is 56.9 Å². The van der Waals surface area contributed by atoms with Gasteiger partial charge in [0.25, 0.3) is 0 Å². The molecule has 0 aliphatic heterocycles. The molecule has 3 heterocycles. The van der Waals surface area contributed by atoms with Gasteiger partial charge in [0.1, 0.15) is 12.2 Å². The van der Waals surface area contributed by atoms with Gasteiger partial charge in [-0.05, 0) is 29.3 Å². The summed E-state index contributed by atoms with van der Waals surface area (Å²) in [5, 5.41) is 19.2. The molecule has 0 atom stereocenters. The Hall–Kier alpha value is -1.46. The van der Waals surface area contributed by atoms with Gasteiger partial charge in [0.05, 0.1) is 6.54 Å². The molecule has 3 aromatic rings. The van der Waals surface area contributed by atoms with Crippen molar-refractivity contribution in [2.75, 3.05) is 13.1 Å². The third-order valence-corrected chi connectivity index (χ3v) is 5.67. The topological polar surface area (TPSA) is 67.1 Å². The standard InChI is InChI=1S/C18H24N6S2.HI/c1-2-17-23-22-14-24(17)10-9-20-18(21-13-16-6-4-12-26-16)19-8-7-15-5-3-11-25-15;/h3-6,11-12,14H,2,7-10,13H2,1H3,(H2,19,20,21);1H. The number of thiophene rings is 2. The van der Waals surface area contributed by atoms with Crippen LogP contribution in [0.5, 0.6) is 0 Å². The highest BCUT2D eigenvalue weighted by Gasteiger charge is 2.03. The smallest absolute Gasteiger partial charge is 0.191 e. The summed E-state index contributed by atoms with van der Waals surface area (Å²) in [5.41, 5.74) is 0. The van der Waals surface area contributed by atoms with Crippen LogP contribution in [-0.2, 0) is 25.9 Å². The second-order valence-corrected chi connectivity index (χ2v) is 7.79. The molecule has 0 saturated carbocycles. The summed E-state index contributed by atoms with van der Waals surface area (Å²) in [7, 11) is 0. The van der Waals surface area contributed by atoms with Gasteiger partial charge in [0, 0.05) is 35.8 Å². The van der Waals surface area contributed by atoms with E-state index in [0.29, 0.717) is 6.54 Å². The Kier molecular flexibility index (Phi) is 9.78. The van der Waals surface area contributed by atoms with E-state index in [1.807, 2.05) is 0 Å². The third-order valence-electron chi connectivity index (χ3n) is 3.87. The number of aromatic nitrogens is 3. The molecule has 3 rings (SSSR count). The lowest BCUT2D eigenvalue weighted by molar-refractivity contribution is 0.631. The fraction of sp³-hybridized carbons (Fsp3) is 0.389. The van der Waals surface area contributed by atoms with Crippen molar-refractivity contribution in [2.45, 2.75) is 32.9 Å². The molecule has 2 N–H and O–H groups in total. The van der Waals surface area contributed by atoms with Crippen molar-refractivity contribution in [1.82, 2.24) is 25.4 Å². The number of nitrogens with one attached hydrogen (secondary N) is 2. The van der Waals surface area contributed by atoms with E-state index in [-0.39, 0.29) is 24.0 Å². The van der Waals surface area contributed by atoms with Crippen LogP contribution in [-0.4, -0.2) is 33.8 Å². The van der Waals surface area contributed by atoms with E-state index in [9.17, 15) is 0 Å². The molecule has 0 aliphatic rings. The largest absolute Gasteiger partial charge is 0.356 e. The number of rotatable bonds is 9. The van der Waals surface area contributed by atoms with Gasteiger partial charge in [-0.2, -0.15) is 0 Å². The summed E-state index contributed by atoms with van der Waals surface area (Å²) in [6, 6.07) is 8.43. The molecular weight excluding hydrogens is 491 g/mol. The maximum Gasteiger partial charge on any atom is 0.191 e. The molecule has 3 aromatic heterocycles. The van der Waals surface area contributed by atoms with E-state index in [2.05, 4.69) is 67.3 Å².